The van der Waals surface area contributed by atoms with E-state index < -0.39 is 11.4 Å². The zero-order valence-electron chi connectivity index (χ0n) is 11.6. The van der Waals surface area contributed by atoms with E-state index in [1.807, 2.05) is 24.8 Å². The van der Waals surface area contributed by atoms with Gasteiger partial charge in [-0.1, -0.05) is 6.92 Å². The van der Waals surface area contributed by atoms with Gasteiger partial charge in [-0.2, -0.15) is 5.26 Å². The van der Waals surface area contributed by atoms with E-state index >= 15 is 0 Å². The van der Waals surface area contributed by atoms with Gasteiger partial charge >= 0.3 is 0 Å². The van der Waals surface area contributed by atoms with Gasteiger partial charge in [0.05, 0.1) is 17.2 Å². The van der Waals surface area contributed by atoms with Crippen LogP contribution in [-0.2, 0) is 0 Å². The number of aliphatic hydroxyl groups is 1. The van der Waals surface area contributed by atoms with Crippen LogP contribution in [0.25, 0.3) is 0 Å². The van der Waals surface area contributed by atoms with Gasteiger partial charge in [0.25, 0.3) is 0 Å². The SMILES string of the molecule is CC[C@]1(O)CCN(c2ccc(C#N)c(F)c2C)[C@H]1C. The standard InChI is InChI=1S/C15H19FN2O/c1-4-15(19)7-8-18(11(15)3)13-6-5-12(9-17)14(16)10(13)2/h5-6,11,19H,4,7-8H2,1-3H3/t11-,15-/m0/s1. The first-order chi connectivity index (χ1) is 8.94. The van der Waals surface area contributed by atoms with Crippen molar-refractivity contribution in [1.29, 1.82) is 5.26 Å². The van der Waals surface area contributed by atoms with Crippen molar-refractivity contribution < 1.29 is 9.50 Å². The maximum atomic E-state index is 14.0. The average molecular weight is 262 g/mol. The molecule has 0 amide bonds. The Kier molecular flexibility index (Phi) is 3.51. The van der Waals surface area contributed by atoms with Gasteiger partial charge in [-0.15, -0.1) is 0 Å². The molecule has 1 aromatic rings. The van der Waals surface area contributed by atoms with Crippen molar-refractivity contribution in [2.75, 3.05) is 11.4 Å². The first kappa shape index (κ1) is 13.8. The molecule has 1 saturated heterocycles. The maximum Gasteiger partial charge on any atom is 0.145 e. The van der Waals surface area contributed by atoms with Crippen molar-refractivity contribution in [1.82, 2.24) is 0 Å². The van der Waals surface area contributed by atoms with Crippen molar-refractivity contribution >= 4 is 5.69 Å². The van der Waals surface area contributed by atoms with E-state index in [9.17, 15) is 9.50 Å². The first-order valence-electron chi connectivity index (χ1n) is 6.63. The topological polar surface area (TPSA) is 47.3 Å². The second-order valence-corrected chi connectivity index (χ2v) is 5.26. The highest BCUT2D eigenvalue weighted by Crippen LogP contribution is 2.37. The molecule has 0 radical (unpaired) electrons. The Morgan fingerprint density at radius 2 is 2.26 bits per heavy atom. The molecule has 0 aliphatic carbocycles. The summed E-state index contributed by atoms with van der Waals surface area (Å²) in [7, 11) is 0. The molecule has 1 aliphatic heterocycles. The summed E-state index contributed by atoms with van der Waals surface area (Å²) in [6.07, 6.45) is 1.37. The van der Waals surface area contributed by atoms with Crippen LogP contribution >= 0.6 is 0 Å². The number of rotatable bonds is 2. The highest BCUT2D eigenvalue weighted by Gasteiger charge is 2.42. The Balaban J connectivity index is 2.40. The number of hydrogen-bond acceptors (Lipinski definition) is 3. The molecule has 4 heteroatoms. The summed E-state index contributed by atoms with van der Waals surface area (Å²) in [5.41, 5.74) is 0.607. The molecule has 0 bridgehead atoms. The van der Waals surface area contributed by atoms with Crippen molar-refractivity contribution in [2.24, 2.45) is 0 Å². The van der Waals surface area contributed by atoms with Gasteiger partial charge in [0, 0.05) is 17.8 Å². The quantitative estimate of drug-likeness (QED) is 0.891. The Morgan fingerprint density at radius 1 is 1.58 bits per heavy atom. The molecule has 1 heterocycles. The van der Waals surface area contributed by atoms with Crippen LogP contribution in [0.1, 0.15) is 37.8 Å². The van der Waals surface area contributed by atoms with E-state index in [-0.39, 0.29) is 11.6 Å². The van der Waals surface area contributed by atoms with Gasteiger partial charge in [0.15, 0.2) is 0 Å². The average Bonchev–Trinajstić information content (AvgIpc) is 2.71. The number of anilines is 1. The fourth-order valence-electron chi connectivity index (χ4n) is 2.88. The first-order valence-corrected chi connectivity index (χ1v) is 6.63. The molecule has 2 rings (SSSR count). The minimum atomic E-state index is -0.711. The second-order valence-electron chi connectivity index (χ2n) is 5.26. The van der Waals surface area contributed by atoms with Crippen LogP contribution in [0.3, 0.4) is 0 Å². The Bertz CT molecular complexity index is 538. The third-order valence-electron chi connectivity index (χ3n) is 4.43. The molecule has 2 atom stereocenters. The van der Waals surface area contributed by atoms with Gasteiger partial charge in [-0.3, -0.25) is 0 Å². The summed E-state index contributed by atoms with van der Waals surface area (Å²) in [6.45, 7) is 6.32. The van der Waals surface area contributed by atoms with E-state index in [1.54, 1.807) is 13.0 Å². The molecule has 19 heavy (non-hydrogen) atoms. The highest BCUT2D eigenvalue weighted by molar-refractivity contribution is 5.58. The summed E-state index contributed by atoms with van der Waals surface area (Å²) in [5, 5.41) is 19.3. The van der Waals surface area contributed by atoms with Crippen LogP contribution in [0, 0.1) is 24.1 Å². The highest BCUT2D eigenvalue weighted by atomic mass is 19.1. The molecule has 0 spiro atoms. The molecule has 1 N–H and O–H groups in total. The molecule has 0 aromatic heterocycles. The zero-order chi connectivity index (χ0) is 14.2. The van der Waals surface area contributed by atoms with Crippen LogP contribution in [0.5, 0.6) is 0 Å². The predicted molar refractivity (Wildman–Crippen MR) is 72.5 cm³/mol. The summed E-state index contributed by atoms with van der Waals surface area (Å²) < 4.78 is 14.0. The van der Waals surface area contributed by atoms with E-state index in [1.165, 1.54) is 6.07 Å². The van der Waals surface area contributed by atoms with Gasteiger partial charge in [-0.25, -0.2) is 4.39 Å². The lowest BCUT2D eigenvalue weighted by Gasteiger charge is -2.32. The maximum absolute atomic E-state index is 14.0. The molecule has 3 nitrogen and oxygen atoms in total. The Morgan fingerprint density at radius 3 is 2.79 bits per heavy atom. The van der Waals surface area contributed by atoms with Crippen molar-refractivity contribution in [3.8, 4) is 6.07 Å². The van der Waals surface area contributed by atoms with Crippen molar-refractivity contribution in [3.05, 3.63) is 29.1 Å². The zero-order valence-corrected chi connectivity index (χ0v) is 11.6. The molecule has 1 aromatic carbocycles. The van der Waals surface area contributed by atoms with E-state index in [4.69, 9.17) is 5.26 Å². The lowest BCUT2D eigenvalue weighted by molar-refractivity contribution is 0.0329. The van der Waals surface area contributed by atoms with Crippen LogP contribution in [0.2, 0.25) is 0 Å². The monoisotopic (exact) mass is 262 g/mol. The summed E-state index contributed by atoms with van der Waals surface area (Å²) >= 11 is 0. The van der Waals surface area contributed by atoms with Crippen molar-refractivity contribution in [3.63, 3.8) is 0 Å². The smallest absolute Gasteiger partial charge is 0.145 e. The molecule has 102 valence electrons. The van der Waals surface area contributed by atoms with E-state index in [0.29, 0.717) is 24.9 Å². The Hall–Kier alpha value is -1.60. The van der Waals surface area contributed by atoms with Crippen LogP contribution in [0.15, 0.2) is 12.1 Å². The lowest BCUT2D eigenvalue weighted by Crippen LogP contribution is -2.42. The van der Waals surface area contributed by atoms with Crippen molar-refractivity contribution in [2.45, 2.75) is 45.3 Å². The number of benzene rings is 1. The molecule has 0 unspecified atom stereocenters. The number of hydrogen-bond donors (Lipinski definition) is 1. The fraction of sp³-hybridized carbons (Fsp3) is 0.533. The second kappa shape index (κ2) is 4.82. The Labute approximate surface area is 113 Å². The molecule has 1 aliphatic rings. The van der Waals surface area contributed by atoms with E-state index in [0.717, 1.165) is 5.69 Å². The van der Waals surface area contributed by atoms with Crippen LogP contribution in [-0.4, -0.2) is 23.3 Å². The van der Waals surface area contributed by atoms with Gasteiger partial charge in [0.2, 0.25) is 0 Å². The predicted octanol–water partition coefficient (Wildman–Crippen LogP) is 2.75. The van der Waals surface area contributed by atoms with Gasteiger partial charge < -0.3 is 10.0 Å². The van der Waals surface area contributed by atoms with Gasteiger partial charge in [-0.05, 0) is 38.8 Å². The van der Waals surface area contributed by atoms with E-state index in [2.05, 4.69) is 0 Å². The van der Waals surface area contributed by atoms with Gasteiger partial charge in [0.1, 0.15) is 11.9 Å². The number of nitrogens with zero attached hydrogens (tertiary/aromatic N) is 2. The summed E-state index contributed by atoms with van der Waals surface area (Å²) in [6, 6.07) is 5.08. The summed E-state index contributed by atoms with van der Waals surface area (Å²) in [4.78, 5) is 2.03. The minimum absolute atomic E-state index is 0.0523. The largest absolute Gasteiger partial charge is 0.388 e. The molecule has 0 saturated carbocycles. The van der Waals surface area contributed by atoms with Crippen LogP contribution in [0.4, 0.5) is 10.1 Å². The minimum Gasteiger partial charge on any atom is -0.388 e. The third kappa shape index (κ3) is 2.08. The number of halogens is 1. The van der Waals surface area contributed by atoms with Crippen LogP contribution < -0.4 is 4.90 Å². The molecular formula is C15H19FN2O. The molecular weight excluding hydrogens is 243 g/mol. The third-order valence-corrected chi connectivity index (χ3v) is 4.43. The number of nitriles is 1. The molecule has 1 fully saturated rings. The summed E-state index contributed by atoms with van der Waals surface area (Å²) in [5.74, 6) is -0.459. The normalized spacial score (nSPS) is 26.5. The lowest BCUT2D eigenvalue weighted by atomic mass is 9.93. The fourth-order valence-corrected chi connectivity index (χ4v) is 2.88.